The Morgan fingerprint density at radius 3 is 2.61 bits per heavy atom. The second kappa shape index (κ2) is 4.78. The number of hydrogen-bond donors (Lipinski definition) is 1. The van der Waals surface area contributed by atoms with Crippen LogP contribution in [0.1, 0.15) is 21.5 Å². The fourth-order valence-electron chi connectivity index (χ4n) is 1.61. The van der Waals surface area contributed by atoms with Gasteiger partial charge in [0, 0.05) is 21.8 Å². The maximum atomic E-state index is 13.1. The van der Waals surface area contributed by atoms with E-state index in [1.54, 1.807) is 18.2 Å². The minimum Gasteiger partial charge on any atom is -0.398 e. The van der Waals surface area contributed by atoms with E-state index in [-0.39, 0.29) is 17.0 Å². The van der Waals surface area contributed by atoms with Gasteiger partial charge in [-0.25, -0.2) is 4.39 Å². The van der Waals surface area contributed by atoms with Crippen molar-refractivity contribution in [1.29, 1.82) is 0 Å². The summed E-state index contributed by atoms with van der Waals surface area (Å²) in [6.45, 7) is 1.84. The van der Waals surface area contributed by atoms with E-state index in [4.69, 9.17) is 17.3 Å². The number of rotatable bonds is 2. The van der Waals surface area contributed by atoms with E-state index in [9.17, 15) is 9.18 Å². The van der Waals surface area contributed by atoms with Crippen molar-refractivity contribution in [1.82, 2.24) is 0 Å². The number of nitrogens with two attached hydrogens (primary N) is 1. The van der Waals surface area contributed by atoms with E-state index in [2.05, 4.69) is 0 Å². The molecule has 2 N–H and O–H groups in total. The molecule has 0 saturated carbocycles. The summed E-state index contributed by atoms with van der Waals surface area (Å²) in [5.41, 5.74) is 7.34. The second-order valence-electron chi connectivity index (χ2n) is 4.02. The third-order valence-corrected chi connectivity index (χ3v) is 3.10. The minimum atomic E-state index is -0.495. The van der Waals surface area contributed by atoms with Crippen LogP contribution in [0.3, 0.4) is 0 Å². The van der Waals surface area contributed by atoms with Crippen molar-refractivity contribution in [2.24, 2.45) is 0 Å². The first-order chi connectivity index (χ1) is 8.49. The molecular formula is C14H11ClFNO. The third-order valence-electron chi connectivity index (χ3n) is 2.69. The Labute approximate surface area is 109 Å². The minimum absolute atomic E-state index is 0.148. The Hall–Kier alpha value is -1.87. The van der Waals surface area contributed by atoms with Crippen LogP contribution in [0, 0.1) is 12.7 Å². The van der Waals surface area contributed by atoms with Crippen LogP contribution >= 0.6 is 11.6 Å². The maximum absolute atomic E-state index is 13.1. The molecule has 0 radical (unpaired) electrons. The van der Waals surface area contributed by atoms with Gasteiger partial charge in [-0.1, -0.05) is 23.7 Å². The molecule has 92 valence electrons. The highest BCUT2D eigenvalue weighted by Crippen LogP contribution is 2.22. The van der Waals surface area contributed by atoms with Gasteiger partial charge >= 0.3 is 0 Å². The number of nitrogen functional groups attached to an aromatic ring is 1. The van der Waals surface area contributed by atoms with Crippen molar-refractivity contribution < 1.29 is 9.18 Å². The molecule has 0 fully saturated rings. The highest BCUT2D eigenvalue weighted by atomic mass is 35.5. The predicted octanol–water partition coefficient (Wildman–Crippen LogP) is 3.60. The van der Waals surface area contributed by atoms with Gasteiger partial charge in [-0.05, 0) is 36.8 Å². The predicted molar refractivity (Wildman–Crippen MR) is 70.4 cm³/mol. The molecule has 0 aromatic heterocycles. The zero-order valence-corrected chi connectivity index (χ0v) is 10.5. The zero-order chi connectivity index (χ0) is 13.3. The Morgan fingerprint density at radius 1 is 1.22 bits per heavy atom. The normalized spacial score (nSPS) is 10.4. The number of ketones is 1. The largest absolute Gasteiger partial charge is 0.398 e. The van der Waals surface area contributed by atoms with Crippen LogP contribution in [-0.2, 0) is 0 Å². The number of carbonyl (C=O) groups is 1. The lowest BCUT2D eigenvalue weighted by molar-refractivity contribution is 0.103. The smallest absolute Gasteiger partial charge is 0.195 e. The SMILES string of the molecule is Cc1ccc(C(=O)c2cc(F)ccc2N)cc1Cl. The molecule has 2 aromatic rings. The van der Waals surface area contributed by atoms with Crippen LogP contribution in [0.2, 0.25) is 5.02 Å². The van der Waals surface area contributed by atoms with Crippen LogP contribution in [0.5, 0.6) is 0 Å². The number of aryl methyl sites for hydroxylation is 1. The van der Waals surface area contributed by atoms with Crippen LogP contribution in [0.15, 0.2) is 36.4 Å². The fourth-order valence-corrected chi connectivity index (χ4v) is 1.80. The first-order valence-corrected chi connectivity index (χ1v) is 5.72. The Bertz CT molecular complexity index is 625. The fraction of sp³-hybridized carbons (Fsp3) is 0.0714. The van der Waals surface area contributed by atoms with Gasteiger partial charge in [-0.15, -0.1) is 0 Å². The third kappa shape index (κ3) is 2.36. The van der Waals surface area contributed by atoms with Crippen molar-refractivity contribution in [2.75, 3.05) is 5.73 Å². The van der Waals surface area contributed by atoms with Crippen molar-refractivity contribution in [3.63, 3.8) is 0 Å². The summed E-state index contributed by atoms with van der Waals surface area (Å²) >= 11 is 5.96. The second-order valence-corrected chi connectivity index (χ2v) is 4.43. The number of benzene rings is 2. The van der Waals surface area contributed by atoms with Gasteiger partial charge in [0.05, 0.1) is 0 Å². The van der Waals surface area contributed by atoms with E-state index in [0.29, 0.717) is 10.6 Å². The molecule has 0 aliphatic carbocycles. The molecule has 0 heterocycles. The molecule has 0 aliphatic rings. The van der Waals surface area contributed by atoms with E-state index < -0.39 is 5.82 Å². The zero-order valence-electron chi connectivity index (χ0n) is 9.71. The average molecular weight is 264 g/mol. The van der Waals surface area contributed by atoms with Gasteiger partial charge < -0.3 is 5.73 Å². The van der Waals surface area contributed by atoms with Crippen molar-refractivity contribution in [2.45, 2.75) is 6.92 Å². The summed E-state index contributed by atoms with van der Waals surface area (Å²) in [4.78, 5) is 12.2. The van der Waals surface area contributed by atoms with E-state index >= 15 is 0 Å². The summed E-state index contributed by atoms with van der Waals surface area (Å²) in [6, 6.07) is 8.67. The Kier molecular flexibility index (Phi) is 3.34. The van der Waals surface area contributed by atoms with Gasteiger partial charge in [0.25, 0.3) is 0 Å². The van der Waals surface area contributed by atoms with Gasteiger partial charge in [0.1, 0.15) is 5.82 Å². The average Bonchev–Trinajstić information content (AvgIpc) is 2.35. The van der Waals surface area contributed by atoms with Crippen molar-refractivity contribution in [3.8, 4) is 0 Å². The van der Waals surface area contributed by atoms with Crippen LogP contribution < -0.4 is 5.73 Å². The van der Waals surface area contributed by atoms with Gasteiger partial charge in [-0.2, -0.15) is 0 Å². The summed E-state index contributed by atoms with van der Waals surface area (Å²) < 4.78 is 13.1. The molecule has 0 unspecified atom stereocenters. The molecule has 4 heteroatoms. The molecule has 2 rings (SSSR count). The Balaban J connectivity index is 2.47. The molecule has 2 nitrogen and oxygen atoms in total. The van der Waals surface area contributed by atoms with Crippen LogP contribution in [-0.4, -0.2) is 5.78 Å². The number of halogens is 2. The van der Waals surface area contributed by atoms with E-state index in [1.807, 2.05) is 6.92 Å². The Morgan fingerprint density at radius 2 is 1.94 bits per heavy atom. The van der Waals surface area contributed by atoms with E-state index in [1.165, 1.54) is 12.1 Å². The highest BCUT2D eigenvalue weighted by Gasteiger charge is 2.14. The van der Waals surface area contributed by atoms with Crippen molar-refractivity contribution in [3.05, 3.63) is 63.9 Å². The topological polar surface area (TPSA) is 43.1 Å². The monoisotopic (exact) mass is 263 g/mol. The molecule has 0 aliphatic heterocycles. The van der Waals surface area contributed by atoms with Crippen molar-refractivity contribution >= 4 is 23.1 Å². The molecule has 2 aromatic carbocycles. The summed E-state index contributed by atoms with van der Waals surface area (Å²) in [6.07, 6.45) is 0. The van der Waals surface area contributed by atoms with Crippen LogP contribution in [0.4, 0.5) is 10.1 Å². The molecular weight excluding hydrogens is 253 g/mol. The van der Waals surface area contributed by atoms with Gasteiger partial charge in [0.15, 0.2) is 5.78 Å². The first kappa shape index (κ1) is 12.6. The highest BCUT2D eigenvalue weighted by molar-refractivity contribution is 6.32. The van der Waals surface area contributed by atoms with Gasteiger partial charge in [-0.3, -0.25) is 4.79 Å². The number of carbonyl (C=O) groups excluding carboxylic acids is 1. The molecule has 18 heavy (non-hydrogen) atoms. The van der Waals surface area contributed by atoms with Crippen LogP contribution in [0.25, 0.3) is 0 Å². The maximum Gasteiger partial charge on any atom is 0.195 e. The van der Waals surface area contributed by atoms with Gasteiger partial charge in [0.2, 0.25) is 0 Å². The first-order valence-electron chi connectivity index (χ1n) is 5.35. The molecule has 0 atom stereocenters. The molecule has 0 bridgehead atoms. The standard InChI is InChI=1S/C14H11ClFNO/c1-8-2-3-9(6-12(8)15)14(18)11-7-10(16)4-5-13(11)17/h2-7H,17H2,1H3. The summed E-state index contributed by atoms with van der Waals surface area (Å²) in [5.74, 6) is -0.834. The molecule has 0 spiro atoms. The summed E-state index contributed by atoms with van der Waals surface area (Å²) in [7, 11) is 0. The number of hydrogen-bond acceptors (Lipinski definition) is 2. The lowest BCUT2D eigenvalue weighted by Gasteiger charge is -2.06. The number of anilines is 1. The lowest BCUT2D eigenvalue weighted by Crippen LogP contribution is -2.06. The molecule has 0 saturated heterocycles. The van der Waals surface area contributed by atoms with E-state index in [0.717, 1.165) is 11.6 Å². The molecule has 0 amide bonds. The lowest BCUT2D eigenvalue weighted by atomic mass is 10.0. The quantitative estimate of drug-likeness (QED) is 0.664. The summed E-state index contributed by atoms with van der Waals surface area (Å²) in [5, 5.41) is 0.496.